The molecule has 1 aromatic carbocycles. The van der Waals surface area contributed by atoms with Crippen LogP contribution < -0.4 is 5.32 Å². The maximum Gasteiger partial charge on any atom is 0.261 e. The third-order valence-corrected chi connectivity index (χ3v) is 4.28. The lowest BCUT2D eigenvalue weighted by molar-refractivity contribution is -0.117. The number of hydrogen-bond acceptors (Lipinski definition) is 3. The number of ether oxygens (including phenoxy) is 1. The standard InChI is InChI=1S/C20H22ClN3O2/c1-14-11-16(12-17(13-22)20(25)23-9-4-10-26-3)15(2)24(14)19-7-5-18(21)6-8-19/h5-8,11-12H,4,9-10H2,1-3H3,(H,23,25)/b17-12+. The van der Waals surface area contributed by atoms with Crippen LogP contribution >= 0.6 is 11.6 Å². The molecular formula is C20H22ClN3O2. The van der Waals surface area contributed by atoms with Crippen LogP contribution in [0, 0.1) is 25.2 Å². The Morgan fingerprint density at radius 2 is 2.04 bits per heavy atom. The number of hydrogen-bond donors (Lipinski definition) is 1. The fraction of sp³-hybridized carbons (Fsp3) is 0.300. The second-order valence-electron chi connectivity index (χ2n) is 5.91. The van der Waals surface area contributed by atoms with Crippen molar-refractivity contribution >= 4 is 23.6 Å². The number of nitriles is 1. The Balaban J connectivity index is 2.26. The highest BCUT2D eigenvalue weighted by Crippen LogP contribution is 2.23. The number of aryl methyl sites for hydroxylation is 1. The minimum absolute atomic E-state index is 0.0822. The van der Waals surface area contributed by atoms with Crippen molar-refractivity contribution in [1.29, 1.82) is 5.26 Å². The number of benzene rings is 1. The molecule has 0 radical (unpaired) electrons. The van der Waals surface area contributed by atoms with Gasteiger partial charge in [-0.05, 0) is 62.2 Å². The Labute approximate surface area is 158 Å². The third kappa shape index (κ3) is 4.75. The van der Waals surface area contributed by atoms with Crippen molar-refractivity contribution in [3.05, 3.63) is 57.9 Å². The Bertz CT molecular complexity index is 845. The van der Waals surface area contributed by atoms with Gasteiger partial charge in [-0.15, -0.1) is 0 Å². The van der Waals surface area contributed by atoms with Crippen molar-refractivity contribution in [3.8, 4) is 11.8 Å². The van der Waals surface area contributed by atoms with E-state index >= 15 is 0 Å². The lowest BCUT2D eigenvalue weighted by Crippen LogP contribution is -2.26. The topological polar surface area (TPSA) is 67.0 Å². The van der Waals surface area contributed by atoms with Crippen LogP contribution in [-0.4, -0.2) is 30.7 Å². The van der Waals surface area contributed by atoms with Gasteiger partial charge in [-0.1, -0.05) is 11.6 Å². The Kier molecular flexibility index (Phi) is 7.02. The molecule has 0 saturated heterocycles. The Hall–Kier alpha value is -2.55. The average Bonchev–Trinajstić information content (AvgIpc) is 2.91. The fourth-order valence-corrected chi connectivity index (χ4v) is 2.86. The van der Waals surface area contributed by atoms with E-state index in [0.717, 1.165) is 22.6 Å². The smallest absolute Gasteiger partial charge is 0.261 e. The quantitative estimate of drug-likeness (QED) is 0.457. The van der Waals surface area contributed by atoms with Crippen LogP contribution in [0.15, 0.2) is 35.9 Å². The predicted molar refractivity (Wildman–Crippen MR) is 103 cm³/mol. The van der Waals surface area contributed by atoms with Crippen molar-refractivity contribution in [1.82, 2.24) is 9.88 Å². The highest BCUT2D eigenvalue weighted by Gasteiger charge is 2.13. The van der Waals surface area contributed by atoms with Gasteiger partial charge in [0.25, 0.3) is 5.91 Å². The molecule has 0 aliphatic carbocycles. The largest absolute Gasteiger partial charge is 0.385 e. The number of methoxy groups -OCH3 is 1. The molecule has 0 spiro atoms. The van der Waals surface area contributed by atoms with Gasteiger partial charge in [0.15, 0.2) is 0 Å². The summed E-state index contributed by atoms with van der Waals surface area (Å²) in [5.74, 6) is -0.375. The summed E-state index contributed by atoms with van der Waals surface area (Å²) in [4.78, 5) is 12.2. The van der Waals surface area contributed by atoms with Crippen molar-refractivity contribution < 1.29 is 9.53 Å². The van der Waals surface area contributed by atoms with Crippen LogP contribution in [-0.2, 0) is 9.53 Å². The summed E-state index contributed by atoms with van der Waals surface area (Å²) in [6, 6.07) is 11.5. The molecule has 1 heterocycles. The molecule has 1 aromatic heterocycles. The lowest BCUT2D eigenvalue weighted by atomic mass is 10.1. The number of nitrogens with zero attached hydrogens (tertiary/aromatic N) is 2. The highest BCUT2D eigenvalue weighted by molar-refractivity contribution is 6.30. The van der Waals surface area contributed by atoms with Crippen LogP contribution in [0.1, 0.15) is 23.4 Å². The van der Waals surface area contributed by atoms with Gasteiger partial charge in [0, 0.05) is 42.4 Å². The van der Waals surface area contributed by atoms with Crippen molar-refractivity contribution in [3.63, 3.8) is 0 Å². The van der Waals surface area contributed by atoms with Crippen LogP contribution in [0.25, 0.3) is 11.8 Å². The van der Waals surface area contributed by atoms with Gasteiger partial charge in [-0.3, -0.25) is 4.79 Å². The summed E-state index contributed by atoms with van der Waals surface area (Å²) in [6.07, 6.45) is 2.33. The van der Waals surface area contributed by atoms with E-state index in [4.69, 9.17) is 16.3 Å². The van der Waals surface area contributed by atoms with Gasteiger partial charge in [-0.25, -0.2) is 0 Å². The maximum atomic E-state index is 12.2. The molecule has 5 nitrogen and oxygen atoms in total. The van der Waals surface area contributed by atoms with Gasteiger partial charge in [0.2, 0.25) is 0 Å². The number of carbonyl (C=O) groups is 1. The lowest BCUT2D eigenvalue weighted by Gasteiger charge is -2.09. The first-order valence-electron chi connectivity index (χ1n) is 8.31. The third-order valence-electron chi connectivity index (χ3n) is 4.03. The Morgan fingerprint density at radius 1 is 1.35 bits per heavy atom. The first-order valence-corrected chi connectivity index (χ1v) is 8.69. The van der Waals surface area contributed by atoms with E-state index in [2.05, 4.69) is 9.88 Å². The molecule has 2 aromatic rings. The zero-order chi connectivity index (χ0) is 19.1. The molecule has 136 valence electrons. The second-order valence-corrected chi connectivity index (χ2v) is 6.35. The number of nitrogens with one attached hydrogen (secondary N) is 1. The molecule has 26 heavy (non-hydrogen) atoms. The molecule has 0 aliphatic heterocycles. The van der Waals surface area contributed by atoms with Crippen LogP contribution in [0.4, 0.5) is 0 Å². The van der Waals surface area contributed by atoms with E-state index in [9.17, 15) is 10.1 Å². The summed E-state index contributed by atoms with van der Waals surface area (Å²) in [6.45, 7) is 4.97. The van der Waals surface area contributed by atoms with Crippen molar-refractivity contribution in [2.24, 2.45) is 0 Å². The minimum atomic E-state index is -0.375. The fourth-order valence-electron chi connectivity index (χ4n) is 2.74. The Morgan fingerprint density at radius 3 is 2.65 bits per heavy atom. The number of halogens is 1. The molecule has 0 atom stereocenters. The first-order chi connectivity index (χ1) is 12.5. The van der Waals surface area contributed by atoms with Gasteiger partial charge < -0.3 is 14.6 Å². The number of aromatic nitrogens is 1. The van der Waals surface area contributed by atoms with Crippen LogP contribution in [0.3, 0.4) is 0 Å². The molecule has 0 bridgehead atoms. The molecule has 0 fully saturated rings. The molecule has 0 saturated carbocycles. The molecule has 1 N–H and O–H groups in total. The van der Waals surface area contributed by atoms with Gasteiger partial charge >= 0.3 is 0 Å². The molecule has 0 aliphatic rings. The van der Waals surface area contributed by atoms with Crippen LogP contribution in [0.5, 0.6) is 0 Å². The summed E-state index contributed by atoms with van der Waals surface area (Å²) >= 11 is 5.96. The summed E-state index contributed by atoms with van der Waals surface area (Å²) < 4.78 is 7.01. The van der Waals surface area contributed by atoms with E-state index in [1.54, 1.807) is 13.2 Å². The zero-order valence-electron chi connectivity index (χ0n) is 15.2. The molecule has 6 heteroatoms. The summed E-state index contributed by atoms with van der Waals surface area (Å²) in [5.41, 5.74) is 3.85. The van der Waals surface area contributed by atoms with E-state index in [1.165, 1.54) is 0 Å². The van der Waals surface area contributed by atoms with Crippen LogP contribution in [0.2, 0.25) is 5.02 Å². The second kappa shape index (κ2) is 9.23. The van der Waals surface area contributed by atoms with Gasteiger partial charge in [0.1, 0.15) is 11.6 Å². The molecule has 1 amide bonds. The predicted octanol–water partition coefficient (Wildman–Crippen LogP) is 3.81. The van der Waals surface area contributed by atoms with E-state index in [-0.39, 0.29) is 11.5 Å². The summed E-state index contributed by atoms with van der Waals surface area (Å²) in [7, 11) is 1.61. The van der Waals surface area contributed by atoms with Crippen molar-refractivity contribution in [2.75, 3.05) is 20.3 Å². The highest BCUT2D eigenvalue weighted by atomic mass is 35.5. The monoisotopic (exact) mass is 371 g/mol. The number of amides is 1. The van der Waals surface area contributed by atoms with E-state index in [0.29, 0.717) is 24.6 Å². The molecule has 0 unspecified atom stereocenters. The molecule has 2 rings (SSSR count). The van der Waals surface area contributed by atoms with Gasteiger partial charge in [0.05, 0.1) is 0 Å². The average molecular weight is 372 g/mol. The van der Waals surface area contributed by atoms with E-state index in [1.807, 2.05) is 50.2 Å². The number of rotatable bonds is 7. The minimum Gasteiger partial charge on any atom is -0.385 e. The maximum absolute atomic E-state index is 12.2. The first kappa shape index (κ1) is 19.8. The van der Waals surface area contributed by atoms with Crippen molar-refractivity contribution in [2.45, 2.75) is 20.3 Å². The molecular weight excluding hydrogens is 350 g/mol. The van der Waals surface area contributed by atoms with E-state index < -0.39 is 0 Å². The summed E-state index contributed by atoms with van der Waals surface area (Å²) in [5, 5.41) is 12.8. The number of carbonyl (C=O) groups excluding carboxylic acids is 1. The normalized spacial score (nSPS) is 11.3. The SMILES string of the molecule is COCCCNC(=O)/C(C#N)=C/c1cc(C)n(-c2ccc(Cl)cc2)c1C. The zero-order valence-corrected chi connectivity index (χ0v) is 15.9. The van der Waals surface area contributed by atoms with Gasteiger partial charge in [-0.2, -0.15) is 5.26 Å².